The molecular weight excluding hydrogens is 272 g/mol. The van der Waals surface area contributed by atoms with Gasteiger partial charge in [0, 0.05) is 12.1 Å². The molecule has 1 aromatic rings. The zero-order valence-corrected chi connectivity index (χ0v) is 13.2. The quantitative estimate of drug-likeness (QED) is 0.928. The Morgan fingerprint density at radius 1 is 1.45 bits per heavy atom. The minimum atomic E-state index is -0.0614. The highest BCUT2D eigenvalue weighted by molar-refractivity contribution is 6.31. The lowest BCUT2D eigenvalue weighted by Gasteiger charge is -2.33. The number of carbonyl (C=O) groups is 1. The van der Waals surface area contributed by atoms with Gasteiger partial charge in [-0.3, -0.25) is 4.79 Å². The van der Waals surface area contributed by atoms with E-state index < -0.39 is 0 Å². The highest BCUT2D eigenvalue weighted by Gasteiger charge is 2.29. The van der Waals surface area contributed by atoms with Crippen LogP contribution in [0.1, 0.15) is 38.3 Å². The lowest BCUT2D eigenvalue weighted by atomic mass is 9.93. The summed E-state index contributed by atoms with van der Waals surface area (Å²) in [5.74, 6) is 0.762. The monoisotopic (exact) mass is 294 g/mol. The van der Waals surface area contributed by atoms with Gasteiger partial charge in [0.2, 0.25) is 5.91 Å². The summed E-state index contributed by atoms with van der Waals surface area (Å²) in [5.41, 5.74) is 0.994. The van der Waals surface area contributed by atoms with E-state index >= 15 is 0 Å². The van der Waals surface area contributed by atoms with Crippen LogP contribution in [-0.4, -0.2) is 30.4 Å². The molecule has 1 aliphatic heterocycles. The number of likely N-dealkylation sites (N-methyl/N-ethyl adjacent to an activating group) is 1. The van der Waals surface area contributed by atoms with Crippen molar-refractivity contribution in [2.24, 2.45) is 5.92 Å². The molecule has 1 heterocycles. The smallest absolute Gasteiger partial charge is 0.239 e. The van der Waals surface area contributed by atoms with E-state index in [-0.39, 0.29) is 18.0 Å². The van der Waals surface area contributed by atoms with Gasteiger partial charge >= 0.3 is 0 Å². The zero-order chi connectivity index (χ0) is 14.7. The van der Waals surface area contributed by atoms with Crippen LogP contribution in [0.3, 0.4) is 0 Å². The van der Waals surface area contributed by atoms with Crippen LogP contribution < -0.4 is 5.32 Å². The molecule has 110 valence electrons. The van der Waals surface area contributed by atoms with Crippen LogP contribution in [0.25, 0.3) is 0 Å². The number of hydrogen-bond acceptors (Lipinski definition) is 2. The SMILES string of the molecule is CC1CCNC(C(=O)N(C)C(C)c2ccccc2Cl)C1. The van der Waals surface area contributed by atoms with Gasteiger partial charge in [0.15, 0.2) is 0 Å². The predicted molar refractivity (Wildman–Crippen MR) is 82.8 cm³/mol. The van der Waals surface area contributed by atoms with E-state index in [1.807, 2.05) is 38.2 Å². The van der Waals surface area contributed by atoms with E-state index in [1.165, 1.54) is 0 Å². The first kappa shape index (κ1) is 15.3. The van der Waals surface area contributed by atoms with Crippen molar-refractivity contribution in [2.45, 2.75) is 38.8 Å². The number of nitrogens with zero attached hydrogens (tertiary/aromatic N) is 1. The molecule has 0 bridgehead atoms. The number of rotatable bonds is 3. The fourth-order valence-electron chi connectivity index (χ4n) is 2.75. The van der Waals surface area contributed by atoms with Crippen LogP contribution in [0, 0.1) is 5.92 Å². The van der Waals surface area contributed by atoms with Crippen LogP contribution in [0.4, 0.5) is 0 Å². The summed E-state index contributed by atoms with van der Waals surface area (Å²) in [7, 11) is 1.86. The Bertz CT molecular complexity index is 477. The van der Waals surface area contributed by atoms with Gasteiger partial charge in [-0.15, -0.1) is 0 Å². The second-order valence-corrected chi connectivity index (χ2v) is 6.19. The topological polar surface area (TPSA) is 32.3 Å². The first-order valence-electron chi connectivity index (χ1n) is 7.25. The lowest BCUT2D eigenvalue weighted by molar-refractivity contribution is -0.135. The summed E-state index contributed by atoms with van der Waals surface area (Å²) in [6, 6.07) is 7.63. The van der Waals surface area contributed by atoms with Gasteiger partial charge < -0.3 is 10.2 Å². The van der Waals surface area contributed by atoms with E-state index in [9.17, 15) is 4.79 Å². The maximum absolute atomic E-state index is 12.6. The number of carbonyl (C=O) groups excluding carboxylic acids is 1. The second kappa shape index (κ2) is 6.59. The summed E-state index contributed by atoms with van der Waals surface area (Å²) in [4.78, 5) is 14.4. The summed E-state index contributed by atoms with van der Waals surface area (Å²) in [6.07, 6.45) is 2.06. The number of hydrogen-bond donors (Lipinski definition) is 1. The molecule has 1 aromatic carbocycles. The van der Waals surface area contributed by atoms with E-state index in [0.717, 1.165) is 24.9 Å². The minimum absolute atomic E-state index is 0.0183. The molecule has 1 aliphatic rings. The molecule has 0 spiro atoms. The maximum Gasteiger partial charge on any atom is 0.239 e. The Morgan fingerprint density at radius 2 is 2.15 bits per heavy atom. The molecule has 1 amide bonds. The van der Waals surface area contributed by atoms with E-state index in [4.69, 9.17) is 11.6 Å². The van der Waals surface area contributed by atoms with Crippen LogP contribution in [-0.2, 0) is 4.79 Å². The van der Waals surface area contributed by atoms with Crippen molar-refractivity contribution >= 4 is 17.5 Å². The zero-order valence-electron chi connectivity index (χ0n) is 12.4. The molecule has 20 heavy (non-hydrogen) atoms. The summed E-state index contributed by atoms with van der Waals surface area (Å²) < 4.78 is 0. The average Bonchev–Trinajstić information content (AvgIpc) is 2.45. The van der Waals surface area contributed by atoms with Crippen molar-refractivity contribution in [2.75, 3.05) is 13.6 Å². The largest absolute Gasteiger partial charge is 0.338 e. The van der Waals surface area contributed by atoms with Gasteiger partial charge in [-0.05, 0) is 43.9 Å². The Morgan fingerprint density at radius 3 is 2.80 bits per heavy atom. The summed E-state index contributed by atoms with van der Waals surface area (Å²) >= 11 is 6.22. The third-order valence-electron chi connectivity index (χ3n) is 4.25. The van der Waals surface area contributed by atoms with Crippen molar-refractivity contribution in [1.29, 1.82) is 0 Å². The van der Waals surface area contributed by atoms with Gasteiger partial charge in [-0.1, -0.05) is 36.7 Å². The molecule has 3 atom stereocenters. The fraction of sp³-hybridized carbons (Fsp3) is 0.562. The molecular formula is C16H23ClN2O. The van der Waals surface area contributed by atoms with Crippen LogP contribution in [0.5, 0.6) is 0 Å². The molecule has 3 unspecified atom stereocenters. The van der Waals surface area contributed by atoms with Crippen molar-refractivity contribution in [3.8, 4) is 0 Å². The van der Waals surface area contributed by atoms with Gasteiger partial charge in [-0.25, -0.2) is 0 Å². The Hall–Kier alpha value is -1.06. The highest BCUT2D eigenvalue weighted by Crippen LogP contribution is 2.27. The fourth-order valence-corrected chi connectivity index (χ4v) is 3.05. The van der Waals surface area contributed by atoms with Gasteiger partial charge in [0.1, 0.15) is 0 Å². The second-order valence-electron chi connectivity index (χ2n) is 5.78. The van der Waals surface area contributed by atoms with Crippen LogP contribution in [0.2, 0.25) is 5.02 Å². The number of amides is 1. The molecule has 3 nitrogen and oxygen atoms in total. The first-order chi connectivity index (χ1) is 9.50. The van der Waals surface area contributed by atoms with Gasteiger partial charge in [0.25, 0.3) is 0 Å². The van der Waals surface area contributed by atoms with Crippen LogP contribution >= 0.6 is 11.6 Å². The molecule has 1 N–H and O–H groups in total. The number of piperidine rings is 1. The van der Waals surface area contributed by atoms with Crippen molar-refractivity contribution in [1.82, 2.24) is 10.2 Å². The third kappa shape index (κ3) is 3.33. The van der Waals surface area contributed by atoms with E-state index in [2.05, 4.69) is 12.2 Å². The normalized spacial score (nSPS) is 24.2. The molecule has 1 fully saturated rings. The number of halogens is 1. The Kier molecular flexibility index (Phi) is 5.06. The molecule has 4 heteroatoms. The molecule has 2 rings (SSSR count). The molecule has 0 radical (unpaired) electrons. The highest BCUT2D eigenvalue weighted by atomic mass is 35.5. The molecule has 0 aliphatic carbocycles. The van der Waals surface area contributed by atoms with E-state index in [1.54, 1.807) is 4.90 Å². The molecule has 0 aromatic heterocycles. The molecule has 0 saturated carbocycles. The number of nitrogens with one attached hydrogen (secondary N) is 1. The third-order valence-corrected chi connectivity index (χ3v) is 4.59. The Balaban J connectivity index is 2.08. The molecule has 1 saturated heterocycles. The van der Waals surface area contributed by atoms with Crippen molar-refractivity contribution in [3.63, 3.8) is 0 Å². The lowest BCUT2D eigenvalue weighted by Crippen LogP contribution is -2.49. The maximum atomic E-state index is 12.6. The number of benzene rings is 1. The predicted octanol–water partition coefficient (Wildman–Crippen LogP) is 3.25. The minimum Gasteiger partial charge on any atom is -0.338 e. The van der Waals surface area contributed by atoms with Crippen molar-refractivity contribution < 1.29 is 4.79 Å². The summed E-state index contributed by atoms with van der Waals surface area (Å²) in [5, 5.41) is 4.04. The van der Waals surface area contributed by atoms with Gasteiger partial charge in [0.05, 0.1) is 12.1 Å². The summed E-state index contributed by atoms with van der Waals surface area (Å²) in [6.45, 7) is 5.15. The standard InChI is InChI=1S/C16H23ClN2O/c1-11-8-9-18-15(10-11)16(20)19(3)12(2)13-6-4-5-7-14(13)17/h4-7,11-12,15,18H,8-10H2,1-3H3. The first-order valence-corrected chi connectivity index (χ1v) is 7.63. The average molecular weight is 295 g/mol. The van der Waals surface area contributed by atoms with Gasteiger partial charge in [-0.2, -0.15) is 0 Å². The van der Waals surface area contributed by atoms with E-state index in [0.29, 0.717) is 10.9 Å². The Labute approximate surface area is 126 Å². The van der Waals surface area contributed by atoms with Crippen molar-refractivity contribution in [3.05, 3.63) is 34.9 Å². The van der Waals surface area contributed by atoms with Crippen LogP contribution in [0.15, 0.2) is 24.3 Å².